The van der Waals surface area contributed by atoms with Gasteiger partial charge >= 0.3 is 12.1 Å². The van der Waals surface area contributed by atoms with Gasteiger partial charge in [0, 0.05) is 13.1 Å². The van der Waals surface area contributed by atoms with Gasteiger partial charge in [0.1, 0.15) is 13.2 Å². The van der Waals surface area contributed by atoms with Gasteiger partial charge in [-0.2, -0.15) is 0 Å². The summed E-state index contributed by atoms with van der Waals surface area (Å²) in [6, 6.07) is 9.88. The first-order valence-electron chi connectivity index (χ1n) is 10.1. The second-order valence-electron chi connectivity index (χ2n) is 7.47. The number of cyclic esters (lactones) is 1. The third-order valence-corrected chi connectivity index (χ3v) is 5.43. The highest BCUT2D eigenvalue weighted by molar-refractivity contribution is 5.84. The first-order chi connectivity index (χ1) is 14.0. The molecule has 2 fully saturated rings. The Bertz CT molecular complexity index is 764. The van der Waals surface area contributed by atoms with Gasteiger partial charge in [0.15, 0.2) is 0 Å². The summed E-state index contributed by atoms with van der Waals surface area (Å²) >= 11 is 0. The lowest BCUT2D eigenvalue weighted by Crippen LogP contribution is -2.52. The summed E-state index contributed by atoms with van der Waals surface area (Å²) in [7, 11) is 0. The summed E-state index contributed by atoms with van der Waals surface area (Å²) in [5.74, 6) is -0.431. The fourth-order valence-corrected chi connectivity index (χ4v) is 3.86. The predicted octanol–water partition coefficient (Wildman–Crippen LogP) is 2.71. The number of hydrogen-bond acceptors (Lipinski definition) is 5. The average Bonchev–Trinajstić information content (AvgIpc) is 3.13. The smallest absolute Gasteiger partial charge is 0.410 e. The van der Waals surface area contributed by atoms with Crippen LogP contribution in [0.2, 0.25) is 0 Å². The minimum Gasteiger partial charge on any atom is -0.466 e. The normalized spacial score (nSPS) is 22.0. The third-order valence-electron chi connectivity index (χ3n) is 5.43. The highest BCUT2D eigenvalue weighted by atomic mass is 16.6. The molecule has 7 heteroatoms. The summed E-state index contributed by atoms with van der Waals surface area (Å²) in [6.45, 7) is 3.67. The lowest BCUT2D eigenvalue weighted by molar-refractivity contribution is -0.160. The molecule has 2 heterocycles. The Labute approximate surface area is 171 Å². The van der Waals surface area contributed by atoms with E-state index in [2.05, 4.69) is 0 Å². The number of carbonyl (C=O) groups is 3. The van der Waals surface area contributed by atoms with Crippen LogP contribution in [0.4, 0.5) is 4.79 Å². The summed E-state index contributed by atoms with van der Waals surface area (Å²) in [4.78, 5) is 40.3. The minimum atomic E-state index is -0.763. The van der Waals surface area contributed by atoms with Gasteiger partial charge in [-0.3, -0.25) is 14.5 Å². The molecule has 3 rings (SSSR count). The molecule has 156 valence electrons. The van der Waals surface area contributed by atoms with Crippen molar-refractivity contribution in [3.05, 3.63) is 42.0 Å². The topological polar surface area (TPSA) is 76.2 Å². The second kappa shape index (κ2) is 9.58. The molecule has 0 N–H and O–H groups in total. The second-order valence-corrected chi connectivity index (χ2v) is 7.47. The SMILES string of the molecule is CCOC(=O)C1(CC=Cc2ccccc2)CCCN(C(=O)CN2CCOC2=O)C1. The van der Waals surface area contributed by atoms with E-state index in [0.29, 0.717) is 52.1 Å². The molecule has 2 aliphatic heterocycles. The van der Waals surface area contributed by atoms with E-state index in [-0.39, 0.29) is 18.4 Å². The maximum Gasteiger partial charge on any atom is 0.410 e. The Morgan fingerprint density at radius 2 is 2.03 bits per heavy atom. The number of ether oxygens (including phenoxy) is 2. The number of rotatable bonds is 7. The van der Waals surface area contributed by atoms with Crippen LogP contribution in [0.25, 0.3) is 6.08 Å². The molecule has 1 aromatic carbocycles. The zero-order valence-corrected chi connectivity index (χ0v) is 16.8. The lowest BCUT2D eigenvalue weighted by Gasteiger charge is -2.40. The summed E-state index contributed by atoms with van der Waals surface area (Å²) in [5, 5.41) is 0. The first kappa shape index (κ1) is 20.9. The van der Waals surface area contributed by atoms with Crippen molar-refractivity contribution in [1.82, 2.24) is 9.80 Å². The number of carbonyl (C=O) groups excluding carboxylic acids is 3. The zero-order valence-electron chi connectivity index (χ0n) is 16.8. The van der Waals surface area contributed by atoms with Crippen molar-refractivity contribution >= 4 is 24.0 Å². The van der Waals surface area contributed by atoms with Gasteiger partial charge in [-0.25, -0.2) is 4.79 Å². The first-order valence-corrected chi connectivity index (χ1v) is 10.1. The Balaban J connectivity index is 1.71. The van der Waals surface area contributed by atoms with Crippen LogP contribution < -0.4 is 0 Å². The van der Waals surface area contributed by atoms with Gasteiger partial charge in [0.2, 0.25) is 5.91 Å². The van der Waals surface area contributed by atoms with Crippen molar-refractivity contribution in [2.24, 2.45) is 5.41 Å². The van der Waals surface area contributed by atoms with Gasteiger partial charge in [0.05, 0.1) is 18.6 Å². The number of amides is 2. The Kier molecular flexibility index (Phi) is 6.90. The van der Waals surface area contributed by atoms with Crippen molar-refractivity contribution in [3.8, 4) is 0 Å². The van der Waals surface area contributed by atoms with Crippen LogP contribution in [-0.4, -0.2) is 67.2 Å². The molecule has 1 atom stereocenters. The molecule has 2 aliphatic rings. The maximum atomic E-state index is 12.8. The standard InChI is InChI=1S/C22H28N2O5/c1-2-28-20(26)22(11-6-10-18-8-4-3-5-9-18)12-7-13-24(17-22)19(25)16-23-14-15-29-21(23)27/h3-6,8-10H,2,7,11-17H2,1H3. The maximum absolute atomic E-state index is 12.8. The fraction of sp³-hybridized carbons (Fsp3) is 0.500. The molecule has 0 radical (unpaired) electrons. The zero-order chi connectivity index (χ0) is 20.7. The number of hydrogen-bond donors (Lipinski definition) is 0. The largest absolute Gasteiger partial charge is 0.466 e. The van der Waals surface area contributed by atoms with E-state index >= 15 is 0 Å². The van der Waals surface area contributed by atoms with Crippen LogP contribution in [0.1, 0.15) is 31.7 Å². The Morgan fingerprint density at radius 3 is 2.72 bits per heavy atom. The molecular weight excluding hydrogens is 372 g/mol. The number of benzene rings is 1. The van der Waals surface area contributed by atoms with Gasteiger partial charge in [0.25, 0.3) is 0 Å². The number of esters is 1. The van der Waals surface area contributed by atoms with Crippen molar-refractivity contribution in [1.29, 1.82) is 0 Å². The highest BCUT2D eigenvalue weighted by Crippen LogP contribution is 2.36. The molecule has 0 spiro atoms. The summed E-state index contributed by atoms with van der Waals surface area (Å²) in [6.07, 6.45) is 5.39. The van der Waals surface area contributed by atoms with Gasteiger partial charge in [-0.05, 0) is 31.7 Å². The van der Waals surface area contributed by atoms with Crippen molar-refractivity contribution < 1.29 is 23.9 Å². The van der Waals surface area contributed by atoms with Crippen LogP contribution in [0.3, 0.4) is 0 Å². The summed E-state index contributed by atoms with van der Waals surface area (Å²) < 4.78 is 10.3. The fourth-order valence-electron chi connectivity index (χ4n) is 3.86. The van der Waals surface area contributed by atoms with Gasteiger partial charge in [-0.1, -0.05) is 42.5 Å². The van der Waals surface area contributed by atoms with Gasteiger partial charge in [-0.15, -0.1) is 0 Å². The number of piperidine rings is 1. The number of likely N-dealkylation sites (tertiary alicyclic amines) is 1. The molecular formula is C22H28N2O5. The quantitative estimate of drug-likeness (QED) is 0.658. The van der Waals surface area contributed by atoms with E-state index < -0.39 is 11.5 Å². The van der Waals surface area contributed by atoms with Crippen molar-refractivity contribution in [3.63, 3.8) is 0 Å². The van der Waals surface area contributed by atoms with Crippen LogP contribution >= 0.6 is 0 Å². The summed E-state index contributed by atoms with van der Waals surface area (Å²) in [5.41, 5.74) is 0.295. The van der Waals surface area contributed by atoms with E-state index in [9.17, 15) is 14.4 Å². The molecule has 1 unspecified atom stereocenters. The van der Waals surface area contributed by atoms with Crippen LogP contribution in [-0.2, 0) is 19.1 Å². The van der Waals surface area contributed by atoms with Crippen LogP contribution in [0.15, 0.2) is 36.4 Å². The monoisotopic (exact) mass is 400 g/mol. The lowest BCUT2D eigenvalue weighted by atomic mass is 9.76. The molecule has 0 bridgehead atoms. The van der Waals surface area contributed by atoms with E-state index in [4.69, 9.17) is 9.47 Å². The molecule has 0 aromatic heterocycles. The van der Waals surface area contributed by atoms with Crippen LogP contribution in [0, 0.1) is 5.41 Å². The molecule has 29 heavy (non-hydrogen) atoms. The molecule has 0 saturated carbocycles. The molecule has 0 aliphatic carbocycles. The minimum absolute atomic E-state index is 0.0163. The van der Waals surface area contributed by atoms with Crippen molar-refractivity contribution in [2.75, 3.05) is 39.4 Å². The Hall–Kier alpha value is -2.83. The van der Waals surface area contributed by atoms with E-state index in [1.165, 1.54) is 4.90 Å². The van der Waals surface area contributed by atoms with E-state index in [0.717, 1.165) is 5.56 Å². The van der Waals surface area contributed by atoms with Gasteiger partial charge < -0.3 is 14.4 Å². The third kappa shape index (κ3) is 5.16. The number of nitrogens with zero attached hydrogens (tertiary/aromatic N) is 2. The van der Waals surface area contributed by atoms with Crippen molar-refractivity contribution in [2.45, 2.75) is 26.2 Å². The molecule has 2 saturated heterocycles. The molecule has 7 nitrogen and oxygen atoms in total. The molecule has 1 aromatic rings. The van der Waals surface area contributed by atoms with Crippen LogP contribution in [0.5, 0.6) is 0 Å². The number of allylic oxidation sites excluding steroid dienone is 1. The highest BCUT2D eigenvalue weighted by Gasteiger charge is 2.44. The molecule has 2 amide bonds. The average molecular weight is 400 g/mol. The Morgan fingerprint density at radius 1 is 1.24 bits per heavy atom. The van der Waals surface area contributed by atoms with E-state index in [1.54, 1.807) is 11.8 Å². The van der Waals surface area contributed by atoms with E-state index in [1.807, 2.05) is 42.5 Å². The predicted molar refractivity (Wildman–Crippen MR) is 108 cm³/mol.